The molecule has 0 spiro atoms. The van der Waals surface area contributed by atoms with E-state index in [1.165, 1.54) is 0 Å². The second-order valence-corrected chi connectivity index (χ2v) is 6.60. The fourth-order valence-electron chi connectivity index (χ4n) is 2.53. The molecule has 1 fully saturated rings. The van der Waals surface area contributed by atoms with Crippen LogP contribution in [0.5, 0.6) is 5.75 Å². The number of benzene rings is 1. The molecule has 1 aliphatic rings. The summed E-state index contributed by atoms with van der Waals surface area (Å²) < 4.78 is 11.1. The minimum absolute atomic E-state index is 0.0116. The lowest BCUT2D eigenvalue weighted by atomic mass is 9.96. The maximum absolute atomic E-state index is 12.2. The van der Waals surface area contributed by atoms with Gasteiger partial charge in [-0.1, -0.05) is 12.1 Å². The maximum Gasteiger partial charge on any atom is 0.319 e. The van der Waals surface area contributed by atoms with E-state index < -0.39 is 0 Å². The Hall–Kier alpha value is -1.44. The molecule has 0 radical (unpaired) electrons. The highest BCUT2D eigenvalue weighted by molar-refractivity contribution is 7.99. The van der Waals surface area contributed by atoms with Gasteiger partial charge in [-0.15, -0.1) is 0 Å². The zero-order chi connectivity index (χ0) is 16.5. The van der Waals surface area contributed by atoms with Crippen LogP contribution in [-0.4, -0.2) is 55.1 Å². The van der Waals surface area contributed by atoms with Crippen LogP contribution in [-0.2, 0) is 4.74 Å². The molecule has 1 aliphatic heterocycles. The van der Waals surface area contributed by atoms with Crippen LogP contribution in [0.25, 0.3) is 0 Å². The molecule has 0 saturated carbocycles. The molecule has 0 aliphatic carbocycles. The third-order valence-corrected chi connectivity index (χ3v) is 4.82. The molecule has 3 N–H and O–H groups in total. The quantitative estimate of drug-likeness (QED) is 0.708. The molecule has 0 bridgehead atoms. The largest absolute Gasteiger partial charge is 0.495 e. The Morgan fingerprint density at radius 3 is 2.78 bits per heavy atom. The summed E-state index contributed by atoms with van der Waals surface area (Å²) in [5.74, 6) is 2.62. The number of amides is 2. The molecule has 1 aromatic carbocycles. The van der Waals surface area contributed by atoms with Gasteiger partial charge in [0.15, 0.2) is 0 Å². The van der Waals surface area contributed by atoms with Crippen LogP contribution in [0.2, 0.25) is 0 Å². The number of thioether (sulfide) groups is 1. The van der Waals surface area contributed by atoms with Gasteiger partial charge in [0.2, 0.25) is 0 Å². The number of aliphatic hydroxyl groups is 1. The highest BCUT2D eigenvalue weighted by Gasteiger charge is 2.33. The number of carbonyl (C=O) groups is 1. The summed E-state index contributed by atoms with van der Waals surface area (Å²) in [6.45, 7) is 0.706. The molecule has 0 unspecified atom stereocenters. The zero-order valence-corrected chi connectivity index (χ0v) is 14.2. The first-order chi connectivity index (χ1) is 11.2. The second kappa shape index (κ2) is 9.00. The van der Waals surface area contributed by atoms with Gasteiger partial charge in [-0.2, -0.15) is 11.8 Å². The summed E-state index contributed by atoms with van der Waals surface area (Å²) in [7, 11) is 1.57. The smallest absolute Gasteiger partial charge is 0.319 e. The van der Waals surface area contributed by atoms with Crippen LogP contribution in [0, 0.1) is 0 Å². The van der Waals surface area contributed by atoms with Gasteiger partial charge in [0.25, 0.3) is 0 Å². The zero-order valence-electron chi connectivity index (χ0n) is 13.3. The topological polar surface area (TPSA) is 79.8 Å². The molecule has 2 amide bonds. The lowest BCUT2D eigenvalue weighted by molar-refractivity contribution is -0.0601. The van der Waals surface area contributed by atoms with Crippen molar-refractivity contribution in [1.82, 2.24) is 5.32 Å². The normalized spacial score (nSPS) is 16.6. The minimum atomic E-state index is -0.383. The molecular formula is C16H24N2O4S. The van der Waals surface area contributed by atoms with E-state index in [9.17, 15) is 4.79 Å². The summed E-state index contributed by atoms with van der Waals surface area (Å²) in [6, 6.07) is 6.97. The Morgan fingerprint density at radius 1 is 1.35 bits per heavy atom. The van der Waals surface area contributed by atoms with Crippen molar-refractivity contribution in [2.45, 2.75) is 18.4 Å². The Morgan fingerprint density at radius 2 is 2.09 bits per heavy atom. The van der Waals surface area contributed by atoms with Gasteiger partial charge in [0, 0.05) is 6.54 Å². The summed E-state index contributed by atoms with van der Waals surface area (Å²) in [5, 5.41) is 14.7. The SMILES string of the molecule is COc1ccccc1NC(=O)NCC1(OCCO)CCSCC1. The fourth-order valence-corrected chi connectivity index (χ4v) is 3.77. The molecule has 0 aromatic heterocycles. The van der Waals surface area contributed by atoms with Crippen molar-refractivity contribution in [3.05, 3.63) is 24.3 Å². The number of nitrogens with one attached hydrogen (secondary N) is 2. The van der Waals surface area contributed by atoms with Crippen LogP contribution >= 0.6 is 11.8 Å². The second-order valence-electron chi connectivity index (χ2n) is 5.38. The van der Waals surface area contributed by atoms with Crippen molar-refractivity contribution >= 4 is 23.5 Å². The van der Waals surface area contributed by atoms with Crippen LogP contribution in [0.4, 0.5) is 10.5 Å². The number of carbonyl (C=O) groups excluding carboxylic acids is 1. The highest BCUT2D eigenvalue weighted by Crippen LogP contribution is 2.30. The summed E-state index contributed by atoms with van der Waals surface area (Å²) in [5.41, 5.74) is 0.239. The predicted octanol–water partition coefficient (Wildman–Crippen LogP) is 2.09. The molecule has 1 heterocycles. The lowest BCUT2D eigenvalue weighted by Crippen LogP contribution is -2.48. The van der Waals surface area contributed by atoms with Gasteiger partial charge in [-0.05, 0) is 36.5 Å². The minimum Gasteiger partial charge on any atom is -0.495 e. The van der Waals surface area contributed by atoms with E-state index >= 15 is 0 Å². The van der Waals surface area contributed by atoms with E-state index in [1.807, 2.05) is 23.9 Å². The van der Waals surface area contributed by atoms with Crippen molar-refractivity contribution in [2.75, 3.05) is 43.7 Å². The van der Waals surface area contributed by atoms with Gasteiger partial charge < -0.3 is 25.2 Å². The summed E-state index contributed by atoms with van der Waals surface area (Å²) >= 11 is 1.89. The first-order valence-corrected chi connectivity index (χ1v) is 8.85. The van der Waals surface area contributed by atoms with Crippen LogP contribution in [0.3, 0.4) is 0 Å². The van der Waals surface area contributed by atoms with Crippen molar-refractivity contribution in [2.24, 2.45) is 0 Å². The molecule has 0 atom stereocenters. The number of anilines is 1. The number of urea groups is 1. The number of methoxy groups -OCH3 is 1. The highest BCUT2D eigenvalue weighted by atomic mass is 32.2. The van der Waals surface area contributed by atoms with Crippen molar-refractivity contribution in [1.29, 1.82) is 0 Å². The van der Waals surface area contributed by atoms with Gasteiger partial charge in [0.1, 0.15) is 5.75 Å². The van der Waals surface area contributed by atoms with Crippen LogP contribution in [0.1, 0.15) is 12.8 Å². The van der Waals surface area contributed by atoms with E-state index in [-0.39, 0.29) is 18.2 Å². The van der Waals surface area contributed by atoms with E-state index in [2.05, 4.69) is 10.6 Å². The third-order valence-electron chi connectivity index (χ3n) is 3.83. The third kappa shape index (κ3) is 5.30. The molecule has 7 heteroatoms. The van der Waals surface area contributed by atoms with Crippen molar-refractivity contribution < 1.29 is 19.4 Å². The summed E-state index contributed by atoms with van der Waals surface area (Å²) in [6.07, 6.45) is 1.74. The summed E-state index contributed by atoms with van der Waals surface area (Å²) in [4.78, 5) is 12.2. The average molecular weight is 340 g/mol. The lowest BCUT2D eigenvalue weighted by Gasteiger charge is -2.37. The van der Waals surface area contributed by atoms with E-state index in [0.29, 0.717) is 24.6 Å². The van der Waals surface area contributed by atoms with E-state index in [1.54, 1.807) is 19.2 Å². The molecule has 2 rings (SSSR count). The molecule has 1 saturated heterocycles. The van der Waals surface area contributed by atoms with Crippen LogP contribution in [0.15, 0.2) is 24.3 Å². The molecule has 1 aromatic rings. The van der Waals surface area contributed by atoms with E-state index in [0.717, 1.165) is 24.3 Å². The maximum atomic E-state index is 12.2. The predicted molar refractivity (Wildman–Crippen MR) is 92.3 cm³/mol. The number of hydrogen-bond donors (Lipinski definition) is 3. The molecule has 128 valence electrons. The number of rotatable bonds is 7. The van der Waals surface area contributed by atoms with Crippen molar-refractivity contribution in [3.63, 3.8) is 0 Å². The van der Waals surface area contributed by atoms with Crippen molar-refractivity contribution in [3.8, 4) is 5.75 Å². The standard InChI is InChI=1S/C16H24N2O4S/c1-21-14-5-3-2-4-13(14)18-15(20)17-12-16(22-9-8-19)6-10-23-11-7-16/h2-5,19H,6-12H2,1H3,(H2,17,18,20). The first kappa shape index (κ1) is 17.9. The Bertz CT molecular complexity index is 507. The van der Waals surface area contributed by atoms with Gasteiger partial charge in [-0.3, -0.25) is 0 Å². The van der Waals surface area contributed by atoms with Crippen LogP contribution < -0.4 is 15.4 Å². The number of ether oxygens (including phenoxy) is 2. The monoisotopic (exact) mass is 340 g/mol. The molecule has 6 nitrogen and oxygen atoms in total. The Balaban J connectivity index is 1.90. The Kier molecular flexibility index (Phi) is 7.01. The van der Waals surface area contributed by atoms with Gasteiger partial charge in [-0.25, -0.2) is 4.79 Å². The first-order valence-electron chi connectivity index (χ1n) is 7.69. The number of para-hydroxylation sites is 2. The average Bonchev–Trinajstić information content (AvgIpc) is 2.60. The molecule has 23 heavy (non-hydrogen) atoms. The molecular weight excluding hydrogens is 316 g/mol. The number of aliphatic hydroxyl groups excluding tert-OH is 1. The van der Waals surface area contributed by atoms with Gasteiger partial charge in [0.05, 0.1) is 31.6 Å². The van der Waals surface area contributed by atoms with E-state index in [4.69, 9.17) is 14.6 Å². The number of hydrogen-bond acceptors (Lipinski definition) is 5. The van der Waals surface area contributed by atoms with Gasteiger partial charge >= 0.3 is 6.03 Å². The fraction of sp³-hybridized carbons (Fsp3) is 0.562. The Labute approximate surface area is 140 Å².